The number of aliphatic hydroxyl groups is 1. The second-order valence-electron chi connectivity index (χ2n) is 5.36. The minimum absolute atomic E-state index is 0.195. The van der Waals surface area contributed by atoms with Crippen LogP contribution in [-0.4, -0.2) is 10.7 Å². The van der Waals surface area contributed by atoms with Crippen LogP contribution in [0.3, 0.4) is 0 Å². The van der Waals surface area contributed by atoms with E-state index in [1.807, 2.05) is 6.07 Å². The first kappa shape index (κ1) is 12.6. The van der Waals surface area contributed by atoms with Crippen molar-refractivity contribution in [3.05, 3.63) is 35.6 Å². The highest BCUT2D eigenvalue weighted by Crippen LogP contribution is 2.36. The molecule has 0 aromatic heterocycles. The maximum absolute atomic E-state index is 13.6. The first-order valence-electron chi connectivity index (χ1n) is 6.59. The molecule has 2 heteroatoms. The van der Waals surface area contributed by atoms with Crippen LogP contribution in [0.25, 0.3) is 0 Å². The van der Waals surface area contributed by atoms with Gasteiger partial charge in [0.1, 0.15) is 5.82 Å². The first-order valence-corrected chi connectivity index (χ1v) is 6.59. The third-order valence-corrected chi connectivity index (χ3v) is 3.98. The fourth-order valence-electron chi connectivity index (χ4n) is 2.97. The molecule has 2 unspecified atom stereocenters. The third kappa shape index (κ3) is 3.06. The molecule has 94 valence electrons. The molecule has 1 nitrogen and oxygen atoms in total. The monoisotopic (exact) mass is 236 g/mol. The number of hydrogen-bond acceptors (Lipinski definition) is 1. The standard InChI is InChI=1S/C15H21FO/c1-2-12-6-5-9-15(17,10-12)11-13-7-3-4-8-14(13)16/h3-4,7-8,12,17H,2,5-6,9-11H2,1H3. The molecule has 0 amide bonds. The first-order chi connectivity index (χ1) is 8.13. The molecule has 0 saturated heterocycles. The highest BCUT2D eigenvalue weighted by molar-refractivity contribution is 5.19. The average Bonchev–Trinajstić information content (AvgIpc) is 2.32. The summed E-state index contributed by atoms with van der Waals surface area (Å²) in [6, 6.07) is 6.78. The van der Waals surface area contributed by atoms with Crippen molar-refractivity contribution >= 4 is 0 Å². The van der Waals surface area contributed by atoms with Crippen molar-refractivity contribution in [3.63, 3.8) is 0 Å². The molecule has 0 heterocycles. The number of halogens is 1. The molecule has 1 saturated carbocycles. The molecule has 0 spiro atoms. The van der Waals surface area contributed by atoms with E-state index < -0.39 is 5.60 Å². The summed E-state index contributed by atoms with van der Waals surface area (Å²) in [5, 5.41) is 10.6. The minimum Gasteiger partial charge on any atom is -0.390 e. The van der Waals surface area contributed by atoms with Crippen molar-refractivity contribution in [1.29, 1.82) is 0 Å². The zero-order valence-electron chi connectivity index (χ0n) is 10.5. The van der Waals surface area contributed by atoms with Crippen molar-refractivity contribution in [2.45, 2.75) is 51.0 Å². The van der Waals surface area contributed by atoms with Gasteiger partial charge in [-0.15, -0.1) is 0 Å². The van der Waals surface area contributed by atoms with Crippen LogP contribution in [0.2, 0.25) is 0 Å². The fourth-order valence-corrected chi connectivity index (χ4v) is 2.97. The highest BCUT2D eigenvalue weighted by atomic mass is 19.1. The summed E-state index contributed by atoms with van der Waals surface area (Å²) in [7, 11) is 0. The lowest BCUT2D eigenvalue weighted by Crippen LogP contribution is -2.37. The molecule has 1 aliphatic rings. The highest BCUT2D eigenvalue weighted by Gasteiger charge is 2.34. The zero-order valence-corrected chi connectivity index (χ0v) is 10.5. The van der Waals surface area contributed by atoms with E-state index >= 15 is 0 Å². The van der Waals surface area contributed by atoms with Crippen molar-refractivity contribution in [1.82, 2.24) is 0 Å². The Labute approximate surface area is 103 Å². The molecule has 1 fully saturated rings. The molecule has 0 radical (unpaired) electrons. The van der Waals surface area contributed by atoms with E-state index in [4.69, 9.17) is 0 Å². The van der Waals surface area contributed by atoms with Gasteiger partial charge in [0.25, 0.3) is 0 Å². The summed E-state index contributed by atoms with van der Waals surface area (Å²) in [5.74, 6) is 0.403. The lowest BCUT2D eigenvalue weighted by atomic mass is 9.74. The molecular formula is C15H21FO. The Morgan fingerprint density at radius 2 is 2.18 bits per heavy atom. The fraction of sp³-hybridized carbons (Fsp3) is 0.600. The van der Waals surface area contributed by atoms with Crippen molar-refractivity contribution in [3.8, 4) is 0 Å². The minimum atomic E-state index is -0.693. The van der Waals surface area contributed by atoms with Gasteiger partial charge < -0.3 is 5.11 Å². The van der Waals surface area contributed by atoms with E-state index in [0.29, 0.717) is 17.9 Å². The summed E-state index contributed by atoms with van der Waals surface area (Å²) >= 11 is 0. The van der Waals surface area contributed by atoms with Crippen LogP contribution < -0.4 is 0 Å². The van der Waals surface area contributed by atoms with Crippen LogP contribution >= 0.6 is 0 Å². The van der Waals surface area contributed by atoms with Gasteiger partial charge in [-0.2, -0.15) is 0 Å². The Kier molecular flexibility index (Phi) is 3.82. The summed E-state index contributed by atoms with van der Waals surface area (Å²) in [6.45, 7) is 2.17. The molecule has 17 heavy (non-hydrogen) atoms. The summed E-state index contributed by atoms with van der Waals surface area (Å²) < 4.78 is 13.6. The number of hydrogen-bond donors (Lipinski definition) is 1. The van der Waals surface area contributed by atoms with Gasteiger partial charge in [0.2, 0.25) is 0 Å². The van der Waals surface area contributed by atoms with Gasteiger partial charge in [-0.3, -0.25) is 0 Å². The smallest absolute Gasteiger partial charge is 0.126 e. The van der Waals surface area contributed by atoms with Gasteiger partial charge in [-0.05, 0) is 30.4 Å². The van der Waals surface area contributed by atoms with Crippen LogP contribution in [0.1, 0.15) is 44.6 Å². The lowest BCUT2D eigenvalue weighted by molar-refractivity contribution is -0.0168. The van der Waals surface area contributed by atoms with Gasteiger partial charge in [-0.1, -0.05) is 44.4 Å². The van der Waals surface area contributed by atoms with E-state index in [2.05, 4.69) is 6.92 Å². The third-order valence-electron chi connectivity index (χ3n) is 3.98. The second-order valence-corrected chi connectivity index (χ2v) is 5.36. The van der Waals surface area contributed by atoms with Gasteiger partial charge in [0.05, 0.1) is 5.60 Å². The van der Waals surface area contributed by atoms with Crippen molar-refractivity contribution < 1.29 is 9.50 Å². The predicted octanol–water partition coefficient (Wildman–Crippen LogP) is 3.70. The molecular weight excluding hydrogens is 215 g/mol. The van der Waals surface area contributed by atoms with Crippen molar-refractivity contribution in [2.24, 2.45) is 5.92 Å². The molecule has 1 aromatic rings. The van der Waals surface area contributed by atoms with E-state index in [9.17, 15) is 9.50 Å². The van der Waals surface area contributed by atoms with E-state index in [0.717, 1.165) is 25.7 Å². The Hall–Kier alpha value is -0.890. The maximum Gasteiger partial charge on any atom is 0.126 e. The zero-order chi connectivity index (χ0) is 12.3. The molecule has 0 aliphatic heterocycles. The molecule has 2 atom stereocenters. The van der Waals surface area contributed by atoms with E-state index in [-0.39, 0.29) is 5.82 Å². The molecule has 1 aromatic carbocycles. The Morgan fingerprint density at radius 1 is 1.41 bits per heavy atom. The lowest BCUT2D eigenvalue weighted by Gasteiger charge is -2.36. The molecule has 1 N–H and O–H groups in total. The normalized spacial score (nSPS) is 29.2. The van der Waals surface area contributed by atoms with Gasteiger partial charge in [0.15, 0.2) is 0 Å². The summed E-state index contributed by atoms with van der Waals surface area (Å²) in [6.07, 6.45) is 5.45. The number of rotatable bonds is 3. The van der Waals surface area contributed by atoms with Crippen LogP contribution in [-0.2, 0) is 6.42 Å². The topological polar surface area (TPSA) is 20.2 Å². The molecule has 1 aliphatic carbocycles. The van der Waals surface area contributed by atoms with Gasteiger partial charge in [-0.25, -0.2) is 4.39 Å². The quantitative estimate of drug-likeness (QED) is 0.848. The SMILES string of the molecule is CCC1CCCC(O)(Cc2ccccc2F)C1. The van der Waals surface area contributed by atoms with Crippen LogP contribution in [0.15, 0.2) is 24.3 Å². The predicted molar refractivity (Wildman–Crippen MR) is 67.3 cm³/mol. The van der Waals surface area contributed by atoms with Gasteiger partial charge >= 0.3 is 0 Å². The molecule has 0 bridgehead atoms. The second kappa shape index (κ2) is 5.18. The average molecular weight is 236 g/mol. The van der Waals surface area contributed by atoms with E-state index in [1.54, 1.807) is 12.1 Å². The summed E-state index contributed by atoms with van der Waals surface area (Å²) in [4.78, 5) is 0. The van der Waals surface area contributed by atoms with Crippen LogP contribution in [0.4, 0.5) is 4.39 Å². The van der Waals surface area contributed by atoms with E-state index in [1.165, 1.54) is 12.5 Å². The maximum atomic E-state index is 13.6. The Morgan fingerprint density at radius 3 is 2.88 bits per heavy atom. The largest absolute Gasteiger partial charge is 0.390 e. The number of benzene rings is 1. The van der Waals surface area contributed by atoms with Crippen LogP contribution in [0, 0.1) is 11.7 Å². The molecule has 2 rings (SSSR count). The summed E-state index contributed by atoms with van der Waals surface area (Å²) in [5.41, 5.74) is -0.0482. The Balaban J connectivity index is 2.09. The Bertz CT molecular complexity index is 377. The van der Waals surface area contributed by atoms with Crippen LogP contribution in [0.5, 0.6) is 0 Å². The van der Waals surface area contributed by atoms with Crippen molar-refractivity contribution in [2.75, 3.05) is 0 Å². The van der Waals surface area contributed by atoms with Gasteiger partial charge in [0, 0.05) is 6.42 Å².